The second kappa shape index (κ2) is 11.2. The number of nitrogens with one attached hydrogen (secondary N) is 1. The van der Waals surface area contributed by atoms with E-state index in [9.17, 15) is 0 Å². The van der Waals surface area contributed by atoms with E-state index in [1.54, 1.807) is 0 Å². The standard InChI is InChI=1S/C35H46N8/c1-24-9-6-7-10-32-29(20-36-41(32)5)31-19-28(17-25(2)37-31)26(3)38-34-39-30-12-11-27(18-33(30)43(34)21-24)22-42-16-15-40(4)23-35(42)13-8-14-35/h11-12,17-20,24H,3,6-10,13-16,21-23H2,1-2,4-5H3,(H,38,39)/t24-/m1/s1. The van der Waals surface area contributed by atoms with Gasteiger partial charge in [0.15, 0.2) is 0 Å². The molecule has 5 heterocycles. The summed E-state index contributed by atoms with van der Waals surface area (Å²) in [6, 6.07) is 11.2. The summed E-state index contributed by atoms with van der Waals surface area (Å²) in [4.78, 5) is 17.7. The van der Waals surface area contributed by atoms with Gasteiger partial charge < -0.3 is 15.1 Å². The number of likely N-dealkylation sites (N-methyl/N-ethyl adjacent to an activating group) is 1. The van der Waals surface area contributed by atoms with Crippen LogP contribution in [-0.4, -0.2) is 69.3 Å². The van der Waals surface area contributed by atoms with Crippen LogP contribution in [0.3, 0.4) is 0 Å². The lowest BCUT2D eigenvalue weighted by molar-refractivity contribution is -0.0508. The van der Waals surface area contributed by atoms with E-state index in [2.05, 4.69) is 76.0 Å². The zero-order valence-corrected chi connectivity index (χ0v) is 26.4. The van der Waals surface area contributed by atoms with Crippen molar-refractivity contribution in [3.63, 3.8) is 0 Å². The average molecular weight is 579 g/mol. The SMILES string of the molecule is C=C1/N=C2\Nc3ccc(CN4CCN(C)CC45CCC5)cc3N2C[C@H](C)CCCCc2c(cnn2C)-c2cc1cc(C)n2. The first-order chi connectivity index (χ1) is 20.8. The molecule has 2 bridgehead atoms. The number of hydrogen-bond acceptors (Lipinski definition) is 7. The van der Waals surface area contributed by atoms with Crippen LogP contribution in [-0.2, 0) is 20.0 Å². The van der Waals surface area contributed by atoms with Crippen LogP contribution in [0.25, 0.3) is 17.0 Å². The number of guanidine groups is 1. The molecule has 43 heavy (non-hydrogen) atoms. The number of rotatable bonds is 2. The fourth-order valence-corrected chi connectivity index (χ4v) is 7.64. The van der Waals surface area contributed by atoms with E-state index < -0.39 is 0 Å². The van der Waals surface area contributed by atoms with Gasteiger partial charge in [0, 0.05) is 67.8 Å². The third-order valence-electron chi connectivity index (χ3n) is 10.2. The smallest absolute Gasteiger partial charge is 0.208 e. The van der Waals surface area contributed by atoms with E-state index in [1.165, 1.54) is 55.6 Å². The van der Waals surface area contributed by atoms with Gasteiger partial charge in [-0.25, -0.2) is 4.99 Å². The maximum Gasteiger partial charge on any atom is 0.208 e. The molecule has 0 unspecified atom stereocenters. The van der Waals surface area contributed by atoms with Crippen LogP contribution in [0.2, 0.25) is 0 Å². The summed E-state index contributed by atoms with van der Waals surface area (Å²) in [5, 5.41) is 8.26. The van der Waals surface area contributed by atoms with Crippen molar-refractivity contribution in [1.29, 1.82) is 0 Å². The van der Waals surface area contributed by atoms with Gasteiger partial charge in [-0.1, -0.05) is 26.0 Å². The molecule has 1 aromatic carbocycles. The number of anilines is 2. The molecule has 1 spiro atoms. The van der Waals surface area contributed by atoms with E-state index in [-0.39, 0.29) is 0 Å². The molecule has 7 rings (SSSR count). The maximum atomic E-state index is 5.15. The number of nitrogens with zero attached hydrogens (tertiary/aromatic N) is 7. The number of fused-ring (bicyclic) bond motifs is 7. The molecular weight excluding hydrogens is 532 g/mol. The quantitative estimate of drug-likeness (QED) is 0.398. The first-order valence-corrected chi connectivity index (χ1v) is 16.2. The van der Waals surface area contributed by atoms with Gasteiger partial charge >= 0.3 is 0 Å². The molecule has 0 radical (unpaired) electrons. The Hall–Kier alpha value is -3.49. The van der Waals surface area contributed by atoms with Crippen LogP contribution in [0.1, 0.15) is 68.0 Å². The van der Waals surface area contributed by atoms with Gasteiger partial charge in [-0.15, -0.1) is 0 Å². The topological polar surface area (TPSA) is 64.8 Å². The summed E-state index contributed by atoms with van der Waals surface area (Å²) in [6.07, 6.45) is 10.4. The lowest BCUT2D eigenvalue weighted by Gasteiger charge is -2.55. The lowest BCUT2D eigenvalue weighted by Crippen LogP contribution is -2.64. The third kappa shape index (κ3) is 5.40. The fraction of sp³-hybridized carbons (Fsp3) is 0.514. The maximum absolute atomic E-state index is 5.15. The van der Waals surface area contributed by atoms with Gasteiger partial charge in [0.25, 0.3) is 0 Å². The summed E-state index contributed by atoms with van der Waals surface area (Å²) in [6.45, 7) is 14.3. The Morgan fingerprint density at radius 2 is 1.93 bits per heavy atom. The third-order valence-corrected chi connectivity index (χ3v) is 10.2. The van der Waals surface area contributed by atoms with Crippen LogP contribution in [0, 0.1) is 12.8 Å². The molecule has 1 saturated heterocycles. The normalized spacial score (nSPS) is 23.7. The van der Waals surface area contributed by atoms with Gasteiger partial charge in [-0.05, 0) is 88.2 Å². The fourth-order valence-electron chi connectivity index (χ4n) is 7.64. The minimum absolute atomic E-state index is 0.365. The van der Waals surface area contributed by atoms with E-state index in [4.69, 9.17) is 9.98 Å². The van der Waals surface area contributed by atoms with E-state index in [0.717, 1.165) is 78.9 Å². The van der Waals surface area contributed by atoms with Crippen molar-refractivity contribution in [2.45, 2.75) is 70.9 Å². The molecule has 226 valence electrons. The number of piperazine rings is 1. The van der Waals surface area contributed by atoms with Gasteiger partial charge in [0.1, 0.15) is 0 Å². The summed E-state index contributed by atoms with van der Waals surface area (Å²) in [7, 11) is 4.32. The lowest BCUT2D eigenvalue weighted by atomic mass is 9.73. The molecule has 2 fully saturated rings. The number of aromatic nitrogens is 3. The summed E-state index contributed by atoms with van der Waals surface area (Å²) < 4.78 is 2.01. The number of hydrogen-bond donors (Lipinski definition) is 1. The largest absolute Gasteiger partial charge is 0.324 e. The number of aryl methyl sites for hydroxylation is 2. The Bertz CT molecular complexity index is 1560. The first kappa shape index (κ1) is 28.3. The molecule has 8 nitrogen and oxygen atoms in total. The molecule has 1 saturated carbocycles. The van der Waals surface area contributed by atoms with Crippen molar-refractivity contribution >= 4 is 23.0 Å². The second-order valence-electron chi connectivity index (χ2n) is 13.6. The minimum atomic E-state index is 0.365. The zero-order valence-electron chi connectivity index (χ0n) is 26.4. The van der Waals surface area contributed by atoms with Crippen LogP contribution in [0.15, 0.2) is 48.1 Å². The molecule has 0 amide bonds. The van der Waals surface area contributed by atoms with Crippen molar-refractivity contribution in [3.8, 4) is 11.3 Å². The van der Waals surface area contributed by atoms with Crippen molar-refractivity contribution in [2.75, 3.05) is 43.4 Å². The van der Waals surface area contributed by atoms with Crippen molar-refractivity contribution in [1.82, 2.24) is 24.6 Å². The molecule has 4 aliphatic rings. The highest BCUT2D eigenvalue weighted by Gasteiger charge is 2.45. The van der Waals surface area contributed by atoms with Gasteiger partial charge in [0.2, 0.25) is 5.96 Å². The summed E-state index contributed by atoms with van der Waals surface area (Å²) >= 11 is 0. The predicted octanol–water partition coefficient (Wildman–Crippen LogP) is 6.08. The minimum Gasteiger partial charge on any atom is -0.324 e. The van der Waals surface area contributed by atoms with E-state index in [0.29, 0.717) is 11.5 Å². The van der Waals surface area contributed by atoms with Crippen LogP contribution < -0.4 is 10.2 Å². The highest BCUT2D eigenvalue weighted by atomic mass is 15.4. The Morgan fingerprint density at radius 3 is 2.74 bits per heavy atom. The monoisotopic (exact) mass is 578 g/mol. The molecule has 1 N–H and O–H groups in total. The molecule has 8 heteroatoms. The van der Waals surface area contributed by atoms with Crippen molar-refractivity contribution in [2.24, 2.45) is 18.0 Å². The van der Waals surface area contributed by atoms with Crippen LogP contribution >= 0.6 is 0 Å². The molecule has 1 aliphatic carbocycles. The Kier molecular flexibility index (Phi) is 7.38. The van der Waals surface area contributed by atoms with E-state index in [1.807, 2.05) is 24.9 Å². The Morgan fingerprint density at radius 1 is 1.07 bits per heavy atom. The summed E-state index contributed by atoms with van der Waals surface area (Å²) in [5.74, 6) is 1.39. The number of aliphatic imine (C=N–C) groups is 1. The second-order valence-corrected chi connectivity index (χ2v) is 13.6. The first-order valence-electron chi connectivity index (χ1n) is 16.2. The molecule has 1 atom stereocenters. The number of benzene rings is 1. The van der Waals surface area contributed by atoms with E-state index >= 15 is 0 Å². The summed E-state index contributed by atoms with van der Waals surface area (Å²) in [5.41, 5.74) is 10.1. The van der Waals surface area contributed by atoms with Gasteiger partial charge in [-0.3, -0.25) is 14.6 Å². The average Bonchev–Trinajstić information content (AvgIpc) is 3.49. The molecule has 2 aromatic heterocycles. The number of pyridine rings is 1. The van der Waals surface area contributed by atoms with Crippen molar-refractivity contribution < 1.29 is 0 Å². The van der Waals surface area contributed by atoms with Crippen molar-refractivity contribution in [3.05, 3.63) is 65.6 Å². The zero-order chi connectivity index (χ0) is 29.7. The molecule has 3 aromatic rings. The molecule has 3 aliphatic heterocycles. The van der Waals surface area contributed by atoms with Crippen LogP contribution in [0.5, 0.6) is 0 Å². The predicted molar refractivity (Wildman–Crippen MR) is 176 cm³/mol. The highest BCUT2D eigenvalue weighted by molar-refractivity contribution is 6.16. The van der Waals surface area contributed by atoms with Crippen LogP contribution in [0.4, 0.5) is 11.4 Å². The molecular formula is C35H46N8. The van der Waals surface area contributed by atoms with Gasteiger partial charge in [-0.2, -0.15) is 5.10 Å². The van der Waals surface area contributed by atoms with Gasteiger partial charge in [0.05, 0.1) is 29.0 Å². The highest BCUT2D eigenvalue weighted by Crippen LogP contribution is 2.42. The Labute approximate surface area is 256 Å². The Balaban J connectivity index is 1.22.